The zero-order valence-corrected chi connectivity index (χ0v) is 15.6. The molecule has 2 aromatic rings. The zero-order valence-electron chi connectivity index (χ0n) is 15.6. The number of nitrogens with one attached hydrogen (secondary N) is 1. The van der Waals surface area contributed by atoms with E-state index in [4.69, 9.17) is 9.47 Å². The molecule has 2 heterocycles. The predicted octanol–water partition coefficient (Wildman–Crippen LogP) is 0.685. The van der Waals surface area contributed by atoms with Gasteiger partial charge in [0.25, 0.3) is 11.5 Å². The van der Waals surface area contributed by atoms with E-state index in [0.717, 1.165) is 11.3 Å². The number of hydrogen-bond acceptors (Lipinski definition) is 6. The van der Waals surface area contributed by atoms with Crippen LogP contribution in [0.5, 0.6) is 5.75 Å². The molecule has 8 nitrogen and oxygen atoms in total. The number of carbonyl (C=O) groups excluding carboxylic acids is 1. The van der Waals surface area contributed by atoms with Gasteiger partial charge in [-0.2, -0.15) is 5.10 Å². The fourth-order valence-corrected chi connectivity index (χ4v) is 3.22. The maximum Gasteiger partial charge on any atom is 0.274 e. The Bertz CT molecular complexity index is 852. The van der Waals surface area contributed by atoms with E-state index < -0.39 is 0 Å². The molecular weight excluding hydrogens is 348 g/mol. The van der Waals surface area contributed by atoms with E-state index in [-0.39, 0.29) is 23.2 Å². The summed E-state index contributed by atoms with van der Waals surface area (Å²) in [5.74, 6) is 0.528. The SMILES string of the molecule is COCCn1nc(C(=O)N2CCNCC2c2ccccc2OC)ccc1=O. The van der Waals surface area contributed by atoms with E-state index >= 15 is 0 Å². The molecule has 27 heavy (non-hydrogen) atoms. The summed E-state index contributed by atoms with van der Waals surface area (Å²) in [6.07, 6.45) is 0. The molecule has 1 atom stereocenters. The molecule has 1 N–H and O–H groups in total. The van der Waals surface area contributed by atoms with Gasteiger partial charge in [0.05, 0.1) is 26.3 Å². The van der Waals surface area contributed by atoms with E-state index in [1.807, 2.05) is 24.3 Å². The van der Waals surface area contributed by atoms with Gasteiger partial charge in [-0.05, 0) is 12.1 Å². The van der Waals surface area contributed by atoms with Crippen LogP contribution in [0.3, 0.4) is 0 Å². The van der Waals surface area contributed by atoms with Crippen molar-refractivity contribution in [3.8, 4) is 5.75 Å². The van der Waals surface area contributed by atoms with Gasteiger partial charge >= 0.3 is 0 Å². The highest BCUT2D eigenvalue weighted by molar-refractivity contribution is 5.92. The van der Waals surface area contributed by atoms with Gasteiger partial charge in [0.2, 0.25) is 0 Å². The summed E-state index contributed by atoms with van der Waals surface area (Å²) in [6.45, 7) is 2.51. The van der Waals surface area contributed by atoms with Gasteiger partial charge in [-0.1, -0.05) is 18.2 Å². The monoisotopic (exact) mass is 372 g/mol. The molecule has 8 heteroatoms. The zero-order chi connectivity index (χ0) is 19.2. The van der Waals surface area contributed by atoms with Gasteiger partial charge in [-0.15, -0.1) is 0 Å². The van der Waals surface area contributed by atoms with Gasteiger partial charge in [0.1, 0.15) is 11.4 Å². The van der Waals surface area contributed by atoms with Crippen molar-refractivity contribution in [3.05, 3.63) is 58.0 Å². The molecule has 1 amide bonds. The second-order valence-electron chi connectivity index (χ2n) is 6.23. The van der Waals surface area contributed by atoms with Crippen LogP contribution in [0.2, 0.25) is 0 Å². The minimum absolute atomic E-state index is 0.177. The maximum atomic E-state index is 13.2. The van der Waals surface area contributed by atoms with E-state index in [0.29, 0.717) is 32.8 Å². The van der Waals surface area contributed by atoms with Crippen molar-refractivity contribution in [3.63, 3.8) is 0 Å². The quantitative estimate of drug-likeness (QED) is 0.803. The first-order valence-electron chi connectivity index (χ1n) is 8.87. The molecule has 0 bridgehead atoms. The molecule has 0 spiro atoms. The van der Waals surface area contributed by atoms with Crippen molar-refractivity contribution in [1.82, 2.24) is 20.0 Å². The smallest absolute Gasteiger partial charge is 0.274 e. The third-order valence-electron chi connectivity index (χ3n) is 4.60. The number of amides is 1. The van der Waals surface area contributed by atoms with Crippen LogP contribution in [0.4, 0.5) is 0 Å². The number of aromatic nitrogens is 2. The molecule has 1 fully saturated rings. The number of nitrogens with zero attached hydrogens (tertiary/aromatic N) is 3. The Hall–Kier alpha value is -2.71. The summed E-state index contributed by atoms with van der Waals surface area (Å²) in [6, 6.07) is 10.4. The summed E-state index contributed by atoms with van der Waals surface area (Å²) >= 11 is 0. The number of methoxy groups -OCH3 is 2. The van der Waals surface area contributed by atoms with E-state index in [2.05, 4.69) is 10.4 Å². The largest absolute Gasteiger partial charge is 0.496 e. The van der Waals surface area contributed by atoms with Crippen molar-refractivity contribution in [2.24, 2.45) is 0 Å². The molecule has 1 aliphatic heterocycles. The fraction of sp³-hybridized carbons (Fsp3) is 0.421. The topological polar surface area (TPSA) is 85.7 Å². The van der Waals surface area contributed by atoms with Crippen LogP contribution >= 0.6 is 0 Å². The van der Waals surface area contributed by atoms with Crippen LogP contribution < -0.4 is 15.6 Å². The molecule has 0 radical (unpaired) electrons. The Morgan fingerprint density at radius 1 is 1.26 bits per heavy atom. The van der Waals surface area contributed by atoms with Crippen LogP contribution in [0.1, 0.15) is 22.1 Å². The summed E-state index contributed by atoms with van der Waals surface area (Å²) in [7, 11) is 3.17. The van der Waals surface area contributed by atoms with Crippen LogP contribution in [-0.2, 0) is 11.3 Å². The van der Waals surface area contributed by atoms with Crippen molar-refractivity contribution in [2.75, 3.05) is 40.5 Å². The first-order valence-corrected chi connectivity index (χ1v) is 8.87. The van der Waals surface area contributed by atoms with Gasteiger partial charge < -0.3 is 19.7 Å². The lowest BCUT2D eigenvalue weighted by Crippen LogP contribution is -2.49. The average molecular weight is 372 g/mol. The highest BCUT2D eigenvalue weighted by Gasteiger charge is 2.31. The van der Waals surface area contributed by atoms with Crippen molar-refractivity contribution >= 4 is 5.91 Å². The lowest BCUT2D eigenvalue weighted by molar-refractivity contribution is 0.0621. The number of rotatable bonds is 6. The lowest BCUT2D eigenvalue weighted by atomic mass is 10.0. The first kappa shape index (κ1) is 19.1. The number of ether oxygens (including phenoxy) is 2. The highest BCUT2D eigenvalue weighted by atomic mass is 16.5. The summed E-state index contributed by atoms with van der Waals surface area (Å²) in [4.78, 5) is 26.9. The van der Waals surface area contributed by atoms with Gasteiger partial charge in [0, 0.05) is 38.4 Å². The Kier molecular flexibility index (Phi) is 6.20. The number of piperazine rings is 1. The third kappa shape index (κ3) is 4.17. The maximum absolute atomic E-state index is 13.2. The van der Waals surface area contributed by atoms with E-state index in [9.17, 15) is 9.59 Å². The molecule has 1 aromatic heterocycles. The predicted molar refractivity (Wildman–Crippen MR) is 100 cm³/mol. The highest BCUT2D eigenvalue weighted by Crippen LogP contribution is 2.30. The fourth-order valence-electron chi connectivity index (χ4n) is 3.22. The molecule has 1 aromatic carbocycles. The summed E-state index contributed by atoms with van der Waals surface area (Å²) in [5, 5.41) is 7.56. The molecule has 144 valence electrons. The third-order valence-corrected chi connectivity index (χ3v) is 4.60. The van der Waals surface area contributed by atoms with Gasteiger partial charge in [-0.25, -0.2) is 4.68 Å². The average Bonchev–Trinajstić information content (AvgIpc) is 2.72. The Labute approximate surface area is 157 Å². The van der Waals surface area contributed by atoms with Crippen molar-refractivity contribution < 1.29 is 14.3 Å². The molecule has 0 aliphatic carbocycles. The molecule has 0 saturated carbocycles. The molecule has 1 unspecified atom stereocenters. The van der Waals surface area contributed by atoms with Gasteiger partial charge in [0.15, 0.2) is 0 Å². The normalized spacial score (nSPS) is 17.0. The molecular formula is C19H24N4O4. The Morgan fingerprint density at radius 3 is 2.85 bits per heavy atom. The van der Waals surface area contributed by atoms with Gasteiger partial charge in [-0.3, -0.25) is 9.59 Å². The second-order valence-corrected chi connectivity index (χ2v) is 6.23. The minimum Gasteiger partial charge on any atom is -0.496 e. The molecule has 1 aliphatic rings. The van der Waals surface area contributed by atoms with Crippen LogP contribution in [0, 0.1) is 0 Å². The Balaban J connectivity index is 1.91. The van der Waals surface area contributed by atoms with Crippen LogP contribution in [0.25, 0.3) is 0 Å². The number of carbonyl (C=O) groups is 1. The first-order chi connectivity index (χ1) is 13.2. The second kappa shape index (κ2) is 8.79. The number of hydrogen-bond donors (Lipinski definition) is 1. The van der Waals surface area contributed by atoms with Crippen LogP contribution in [0.15, 0.2) is 41.2 Å². The Morgan fingerprint density at radius 2 is 2.07 bits per heavy atom. The van der Waals surface area contributed by atoms with Crippen LogP contribution in [-0.4, -0.2) is 61.0 Å². The van der Waals surface area contributed by atoms with Crippen molar-refractivity contribution in [2.45, 2.75) is 12.6 Å². The molecule has 3 rings (SSSR count). The molecule has 1 saturated heterocycles. The summed E-state index contributed by atoms with van der Waals surface area (Å²) < 4.78 is 11.7. The van der Waals surface area contributed by atoms with E-state index in [1.54, 1.807) is 19.1 Å². The lowest BCUT2D eigenvalue weighted by Gasteiger charge is -2.36. The minimum atomic E-state index is -0.259. The van der Waals surface area contributed by atoms with Crippen molar-refractivity contribution in [1.29, 1.82) is 0 Å². The summed E-state index contributed by atoms with van der Waals surface area (Å²) in [5.41, 5.74) is 0.922. The van der Waals surface area contributed by atoms with E-state index in [1.165, 1.54) is 16.8 Å². The number of para-hydroxylation sites is 1. The standard InChI is InChI=1S/C19H24N4O4/c1-26-12-11-23-18(24)8-7-15(21-23)19(25)22-10-9-20-13-16(22)14-5-3-4-6-17(14)27-2/h3-8,16,20H,9-13H2,1-2H3. The number of benzene rings is 1.